The number of halogens is 1. The molecule has 0 saturated carbocycles. The second-order valence-electron chi connectivity index (χ2n) is 7.04. The number of benzene rings is 3. The molecule has 2 heterocycles. The topological polar surface area (TPSA) is 55.8 Å². The van der Waals surface area contributed by atoms with Gasteiger partial charge in [0.15, 0.2) is 11.5 Å². The molecule has 148 valence electrons. The molecule has 5 rings (SSSR count). The van der Waals surface area contributed by atoms with Gasteiger partial charge < -0.3 is 9.47 Å². The SMILES string of the molecule is O=C1C(=Cc2cccc(F)c2)c2ccccc2C(=O)N1Cc1ccc2c(c1)OCO2. The van der Waals surface area contributed by atoms with Gasteiger partial charge in [0.05, 0.1) is 6.54 Å². The van der Waals surface area contributed by atoms with E-state index in [4.69, 9.17) is 9.47 Å². The van der Waals surface area contributed by atoms with E-state index in [1.54, 1.807) is 60.7 Å². The molecule has 5 nitrogen and oxygen atoms in total. The zero-order chi connectivity index (χ0) is 20.7. The molecule has 0 aliphatic carbocycles. The van der Waals surface area contributed by atoms with E-state index in [9.17, 15) is 14.0 Å². The van der Waals surface area contributed by atoms with Crippen LogP contribution in [-0.2, 0) is 11.3 Å². The highest BCUT2D eigenvalue weighted by atomic mass is 19.1. The Morgan fingerprint density at radius 3 is 2.50 bits per heavy atom. The molecule has 2 amide bonds. The fourth-order valence-corrected chi connectivity index (χ4v) is 3.67. The molecular weight excluding hydrogens is 385 g/mol. The summed E-state index contributed by atoms with van der Waals surface area (Å²) in [5, 5.41) is 0. The number of carbonyl (C=O) groups is 2. The highest BCUT2D eigenvalue weighted by Crippen LogP contribution is 2.35. The van der Waals surface area contributed by atoms with E-state index >= 15 is 0 Å². The van der Waals surface area contributed by atoms with E-state index in [2.05, 4.69) is 0 Å². The minimum Gasteiger partial charge on any atom is -0.454 e. The van der Waals surface area contributed by atoms with Gasteiger partial charge in [-0.2, -0.15) is 0 Å². The third kappa shape index (κ3) is 3.12. The molecule has 3 aromatic rings. The van der Waals surface area contributed by atoms with Crippen LogP contribution >= 0.6 is 0 Å². The van der Waals surface area contributed by atoms with Gasteiger partial charge in [0.25, 0.3) is 11.8 Å². The van der Waals surface area contributed by atoms with Crippen molar-refractivity contribution in [3.05, 3.63) is 94.8 Å². The number of rotatable bonds is 3. The number of nitrogens with zero attached hydrogens (tertiary/aromatic N) is 1. The predicted molar refractivity (Wildman–Crippen MR) is 108 cm³/mol. The van der Waals surface area contributed by atoms with Gasteiger partial charge in [0.2, 0.25) is 6.79 Å². The third-order valence-electron chi connectivity index (χ3n) is 5.11. The monoisotopic (exact) mass is 401 g/mol. The number of amides is 2. The minimum atomic E-state index is -0.430. The van der Waals surface area contributed by atoms with Crippen LogP contribution in [0.25, 0.3) is 11.6 Å². The fourth-order valence-electron chi connectivity index (χ4n) is 3.67. The summed E-state index contributed by atoms with van der Waals surface area (Å²) < 4.78 is 24.4. The quantitative estimate of drug-likeness (QED) is 0.486. The van der Waals surface area contributed by atoms with Crippen LogP contribution in [-0.4, -0.2) is 23.5 Å². The first-order valence-corrected chi connectivity index (χ1v) is 9.41. The largest absolute Gasteiger partial charge is 0.454 e. The second kappa shape index (κ2) is 7.15. The van der Waals surface area contributed by atoms with Crippen molar-refractivity contribution in [1.29, 1.82) is 0 Å². The van der Waals surface area contributed by atoms with Crippen molar-refractivity contribution >= 4 is 23.5 Å². The van der Waals surface area contributed by atoms with E-state index in [0.29, 0.717) is 33.8 Å². The summed E-state index contributed by atoms with van der Waals surface area (Å²) in [7, 11) is 0. The number of ether oxygens (including phenoxy) is 2. The van der Waals surface area contributed by atoms with E-state index in [0.717, 1.165) is 5.56 Å². The van der Waals surface area contributed by atoms with Gasteiger partial charge in [0.1, 0.15) is 5.82 Å². The summed E-state index contributed by atoms with van der Waals surface area (Å²) in [5.74, 6) is 0.0203. The summed E-state index contributed by atoms with van der Waals surface area (Å²) in [5.41, 5.74) is 2.60. The summed E-state index contributed by atoms with van der Waals surface area (Å²) in [4.78, 5) is 27.6. The van der Waals surface area contributed by atoms with Crippen molar-refractivity contribution < 1.29 is 23.5 Å². The summed E-state index contributed by atoms with van der Waals surface area (Å²) in [6, 6.07) is 18.2. The number of hydrogen-bond acceptors (Lipinski definition) is 4. The molecule has 2 aliphatic rings. The van der Waals surface area contributed by atoms with Gasteiger partial charge in [-0.1, -0.05) is 36.4 Å². The van der Waals surface area contributed by atoms with E-state index in [-0.39, 0.29) is 19.2 Å². The van der Waals surface area contributed by atoms with Gasteiger partial charge in [-0.05, 0) is 53.1 Å². The number of imide groups is 1. The number of fused-ring (bicyclic) bond motifs is 2. The molecule has 0 fully saturated rings. The molecule has 0 radical (unpaired) electrons. The van der Waals surface area contributed by atoms with Crippen LogP contribution in [0.4, 0.5) is 4.39 Å². The van der Waals surface area contributed by atoms with E-state index in [1.807, 2.05) is 0 Å². The Morgan fingerprint density at radius 2 is 1.67 bits per heavy atom. The highest BCUT2D eigenvalue weighted by Gasteiger charge is 2.34. The van der Waals surface area contributed by atoms with Crippen molar-refractivity contribution in [1.82, 2.24) is 4.90 Å². The smallest absolute Gasteiger partial charge is 0.261 e. The first kappa shape index (κ1) is 18.1. The van der Waals surface area contributed by atoms with Crippen LogP contribution in [0, 0.1) is 5.82 Å². The molecule has 30 heavy (non-hydrogen) atoms. The molecule has 3 aromatic carbocycles. The van der Waals surface area contributed by atoms with Crippen molar-refractivity contribution in [3.63, 3.8) is 0 Å². The molecule has 2 aliphatic heterocycles. The van der Waals surface area contributed by atoms with Gasteiger partial charge in [-0.25, -0.2) is 4.39 Å². The lowest BCUT2D eigenvalue weighted by Crippen LogP contribution is -2.41. The normalized spacial score (nSPS) is 16.2. The van der Waals surface area contributed by atoms with Crippen molar-refractivity contribution in [2.75, 3.05) is 6.79 Å². The lowest BCUT2D eigenvalue weighted by molar-refractivity contribution is -0.123. The zero-order valence-electron chi connectivity index (χ0n) is 15.8. The molecule has 0 saturated heterocycles. The average molecular weight is 401 g/mol. The third-order valence-corrected chi connectivity index (χ3v) is 5.11. The first-order chi connectivity index (χ1) is 14.6. The molecule has 0 aromatic heterocycles. The molecular formula is C24H16FNO4. The Labute approximate surface area is 172 Å². The summed E-state index contributed by atoms with van der Waals surface area (Å²) >= 11 is 0. The Balaban J connectivity index is 1.56. The minimum absolute atomic E-state index is 0.0864. The van der Waals surface area contributed by atoms with Crippen LogP contribution in [0.3, 0.4) is 0 Å². The van der Waals surface area contributed by atoms with E-state index in [1.165, 1.54) is 17.0 Å². The van der Waals surface area contributed by atoms with Crippen molar-refractivity contribution in [2.45, 2.75) is 6.54 Å². The molecule has 0 N–H and O–H groups in total. The van der Waals surface area contributed by atoms with Gasteiger partial charge in [-0.3, -0.25) is 14.5 Å². The molecule has 0 unspecified atom stereocenters. The maximum absolute atomic E-state index is 13.6. The van der Waals surface area contributed by atoms with Crippen LogP contribution in [0.5, 0.6) is 11.5 Å². The lowest BCUT2D eigenvalue weighted by atomic mass is 9.91. The van der Waals surface area contributed by atoms with Gasteiger partial charge >= 0.3 is 0 Å². The zero-order valence-corrected chi connectivity index (χ0v) is 15.8. The number of hydrogen-bond donors (Lipinski definition) is 0. The van der Waals surface area contributed by atoms with Gasteiger partial charge in [0, 0.05) is 11.1 Å². The lowest BCUT2D eigenvalue weighted by Gasteiger charge is -2.28. The highest BCUT2D eigenvalue weighted by molar-refractivity contribution is 6.33. The molecule has 0 atom stereocenters. The Bertz CT molecular complexity index is 1220. The fraction of sp³-hybridized carbons (Fsp3) is 0.0833. The van der Waals surface area contributed by atoms with Crippen LogP contribution < -0.4 is 9.47 Å². The molecule has 0 spiro atoms. The van der Waals surface area contributed by atoms with Gasteiger partial charge in [-0.15, -0.1) is 0 Å². The predicted octanol–water partition coefficient (Wildman–Crippen LogP) is 4.28. The second-order valence-corrected chi connectivity index (χ2v) is 7.04. The van der Waals surface area contributed by atoms with Crippen molar-refractivity contribution in [2.24, 2.45) is 0 Å². The summed E-state index contributed by atoms with van der Waals surface area (Å²) in [6.07, 6.45) is 1.61. The van der Waals surface area contributed by atoms with Crippen LogP contribution in [0.15, 0.2) is 66.7 Å². The Morgan fingerprint density at radius 1 is 0.867 bits per heavy atom. The first-order valence-electron chi connectivity index (χ1n) is 9.41. The maximum atomic E-state index is 13.6. The molecule has 6 heteroatoms. The van der Waals surface area contributed by atoms with Crippen LogP contribution in [0.2, 0.25) is 0 Å². The van der Waals surface area contributed by atoms with Crippen LogP contribution in [0.1, 0.15) is 27.0 Å². The standard InChI is InChI=1S/C24H16FNO4/c25-17-5-3-4-15(10-17)11-20-18-6-1-2-7-19(18)23(27)26(24(20)28)13-16-8-9-21-22(12-16)30-14-29-21/h1-12H,13-14H2. The Hall–Kier alpha value is -3.93. The van der Waals surface area contributed by atoms with Crippen molar-refractivity contribution in [3.8, 4) is 11.5 Å². The summed E-state index contributed by atoms with van der Waals surface area (Å²) in [6.45, 7) is 0.234. The average Bonchev–Trinajstić information content (AvgIpc) is 3.22. The molecule has 0 bridgehead atoms. The van der Waals surface area contributed by atoms with E-state index < -0.39 is 11.7 Å². The maximum Gasteiger partial charge on any atom is 0.261 e. The Kier molecular flexibility index (Phi) is 4.32. The number of carbonyl (C=O) groups excluding carboxylic acids is 2.